The Morgan fingerprint density at radius 2 is 1.78 bits per heavy atom. The van der Waals surface area contributed by atoms with Crippen molar-refractivity contribution >= 4 is 5.91 Å². The third kappa shape index (κ3) is 6.23. The summed E-state index contributed by atoms with van der Waals surface area (Å²) in [4.78, 5) is 13.0. The molecule has 0 aromatic heterocycles. The van der Waals surface area contributed by atoms with Crippen molar-refractivity contribution in [2.24, 2.45) is 5.92 Å². The van der Waals surface area contributed by atoms with Crippen LogP contribution in [0.25, 0.3) is 0 Å². The van der Waals surface area contributed by atoms with E-state index in [0.29, 0.717) is 6.54 Å². The highest BCUT2D eigenvalue weighted by Gasteiger charge is 2.38. The van der Waals surface area contributed by atoms with Crippen LogP contribution in [0.4, 0.5) is 13.2 Å². The van der Waals surface area contributed by atoms with Gasteiger partial charge in [-0.2, -0.15) is 13.2 Å². The molecule has 0 fully saturated rings. The average molecular weight is 268 g/mol. The van der Waals surface area contributed by atoms with E-state index in [1.54, 1.807) is 27.7 Å². The molecule has 0 rings (SSSR count). The second-order valence-corrected chi connectivity index (χ2v) is 5.35. The molecule has 1 amide bonds. The Hall–Kier alpha value is -0.780. The molecule has 18 heavy (non-hydrogen) atoms. The molecule has 0 spiro atoms. The molecule has 0 saturated carbocycles. The third-order valence-electron chi connectivity index (χ3n) is 2.40. The molecule has 6 heteroatoms. The molecule has 0 aromatic rings. The van der Waals surface area contributed by atoms with Crippen LogP contribution in [0.5, 0.6) is 0 Å². The molecule has 0 aromatic carbocycles. The maximum absolute atomic E-state index is 12.5. The van der Waals surface area contributed by atoms with E-state index >= 15 is 0 Å². The van der Waals surface area contributed by atoms with Crippen molar-refractivity contribution in [3.63, 3.8) is 0 Å². The zero-order valence-electron chi connectivity index (χ0n) is 11.7. The number of alkyl halides is 3. The lowest BCUT2D eigenvalue weighted by molar-refractivity contribution is -0.165. The summed E-state index contributed by atoms with van der Waals surface area (Å²) in [5.41, 5.74) is -0.977. The van der Waals surface area contributed by atoms with E-state index in [2.05, 4.69) is 5.32 Å². The summed E-state index contributed by atoms with van der Waals surface area (Å²) in [5, 5.41) is 2.90. The van der Waals surface area contributed by atoms with Gasteiger partial charge in [-0.1, -0.05) is 20.8 Å². The van der Waals surface area contributed by atoms with Gasteiger partial charge in [-0.05, 0) is 26.3 Å². The number of hydrogen-bond donors (Lipinski definition) is 1. The standard InChI is InChI=1S/C12H23F3N2O/c1-6-16-11(4,5)10(18)17(7-9(2)3)8-12(13,14)15/h9,16H,6-8H2,1-5H3. The Balaban J connectivity index is 4.90. The van der Waals surface area contributed by atoms with Gasteiger partial charge in [0, 0.05) is 6.54 Å². The van der Waals surface area contributed by atoms with E-state index in [9.17, 15) is 18.0 Å². The fourth-order valence-electron chi connectivity index (χ4n) is 1.79. The van der Waals surface area contributed by atoms with E-state index in [4.69, 9.17) is 0 Å². The number of likely N-dealkylation sites (N-methyl/N-ethyl adjacent to an activating group) is 1. The second-order valence-electron chi connectivity index (χ2n) is 5.35. The summed E-state index contributed by atoms with van der Waals surface area (Å²) in [5.74, 6) is -0.524. The molecule has 1 N–H and O–H groups in total. The van der Waals surface area contributed by atoms with Gasteiger partial charge in [-0.15, -0.1) is 0 Å². The molecule has 3 nitrogen and oxygen atoms in total. The maximum Gasteiger partial charge on any atom is 0.406 e. The van der Waals surface area contributed by atoms with Gasteiger partial charge >= 0.3 is 6.18 Å². The summed E-state index contributed by atoms with van der Waals surface area (Å²) in [6.45, 7) is 8.02. The molecule has 0 aliphatic rings. The third-order valence-corrected chi connectivity index (χ3v) is 2.40. The quantitative estimate of drug-likeness (QED) is 0.802. The lowest BCUT2D eigenvalue weighted by Crippen LogP contribution is -2.56. The van der Waals surface area contributed by atoms with Crippen molar-refractivity contribution in [3.8, 4) is 0 Å². The van der Waals surface area contributed by atoms with Crippen molar-refractivity contribution in [1.29, 1.82) is 0 Å². The molecule has 0 saturated heterocycles. The summed E-state index contributed by atoms with van der Waals surface area (Å²) in [6, 6.07) is 0. The van der Waals surface area contributed by atoms with E-state index < -0.39 is 24.2 Å². The summed E-state index contributed by atoms with van der Waals surface area (Å²) < 4.78 is 37.4. The van der Waals surface area contributed by atoms with E-state index in [0.717, 1.165) is 4.90 Å². The smallest absolute Gasteiger partial charge is 0.332 e. The van der Waals surface area contributed by atoms with Gasteiger partial charge in [-0.3, -0.25) is 4.79 Å². The van der Waals surface area contributed by atoms with Gasteiger partial charge in [0.25, 0.3) is 0 Å². The molecular weight excluding hydrogens is 245 g/mol. The minimum Gasteiger partial charge on any atom is -0.332 e. The first-order valence-corrected chi connectivity index (χ1v) is 6.10. The van der Waals surface area contributed by atoms with Gasteiger partial charge in [0.15, 0.2) is 0 Å². The Morgan fingerprint density at radius 3 is 2.11 bits per heavy atom. The van der Waals surface area contributed by atoms with Crippen LogP contribution >= 0.6 is 0 Å². The topological polar surface area (TPSA) is 32.3 Å². The Kier molecular flexibility index (Phi) is 6.13. The highest BCUT2D eigenvalue weighted by Crippen LogP contribution is 2.20. The van der Waals surface area contributed by atoms with Crippen molar-refractivity contribution < 1.29 is 18.0 Å². The number of carbonyl (C=O) groups excluding carboxylic acids is 1. The lowest BCUT2D eigenvalue weighted by Gasteiger charge is -2.34. The second kappa shape index (κ2) is 6.41. The van der Waals surface area contributed by atoms with Crippen LogP contribution in [0.1, 0.15) is 34.6 Å². The maximum atomic E-state index is 12.5. The molecule has 0 bridgehead atoms. The van der Waals surface area contributed by atoms with Crippen molar-refractivity contribution in [1.82, 2.24) is 10.2 Å². The lowest BCUT2D eigenvalue weighted by atomic mass is 10.0. The number of nitrogens with one attached hydrogen (secondary N) is 1. The van der Waals surface area contributed by atoms with E-state index in [1.807, 2.05) is 6.92 Å². The van der Waals surface area contributed by atoms with Crippen LogP contribution in [0, 0.1) is 5.92 Å². The number of amides is 1. The minimum atomic E-state index is -4.37. The van der Waals surface area contributed by atoms with E-state index in [1.165, 1.54) is 0 Å². The first kappa shape index (κ1) is 17.2. The molecule has 0 radical (unpaired) electrons. The fourth-order valence-corrected chi connectivity index (χ4v) is 1.79. The van der Waals surface area contributed by atoms with Crippen LogP contribution < -0.4 is 5.32 Å². The van der Waals surface area contributed by atoms with Gasteiger partial charge in [0.05, 0.1) is 5.54 Å². The van der Waals surface area contributed by atoms with Gasteiger partial charge in [0.2, 0.25) is 5.91 Å². The van der Waals surface area contributed by atoms with Gasteiger partial charge < -0.3 is 10.2 Å². The molecule has 0 aliphatic carbocycles. The molecular formula is C12H23F3N2O. The summed E-state index contributed by atoms with van der Waals surface area (Å²) in [7, 11) is 0. The monoisotopic (exact) mass is 268 g/mol. The normalized spacial score (nSPS) is 12.9. The number of rotatable bonds is 6. The Labute approximate surface area is 107 Å². The summed E-state index contributed by atoms with van der Waals surface area (Å²) in [6.07, 6.45) is -4.37. The number of halogens is 3. The molecule has 108 valence electrons. The predicted octanol–water partition coefficient (Wildman–Crippen LogP) is 2.42. The summed E-state index contributed by atoms with van der Waals surface area (Å²) >= 11 is 0. The Morgan fingerprint density at radius 1 is 1.28 bits per heavy atom. The van der Waals surface area contributed by atoms with Crippen molar-refractivity contribution in [2.45, 2.75) is 46.3 Å². The van der Waals surface area contributed by atoms with Crippen molar-refractivity contribution in [2.75, 3.05) is 19.6 Å². The zero-order chi connectivity index (χ0) is 14.6. The number of carbonyl (C=O) groups is 1. The van der Waals surface area contributed by atoms with Crippen LogP contribution in [0.3, 0.4) is 0 Å². The number of hydrogen-bond acceptors (Lipinski definition) is 2. The van der Waals surface area contributed by atoms with Crippen LogP contribution in [0.2, 0.25) is 0 Å². The first-order chi connectivity index (χ1) is 7.99. The van der Waals surface area contributed by atoms with E-state index in [-0.39, 0.29) is 12.5 Å². The van der Waals surface area contributed by atoms with Crippen molar-refractivity contribution in [3.05, 3.63) is 0 Å². The predicted molar refractivity (Wildman–Crippen MR) is 65.2 cm³/mol. The zero-order valence-corrected chi connectivity index (χ0v) is 11.7. The minimum absolute atomic E-state index is 0.00581. The Bertz CT molecular complexity index is 275. The van der Waals surface area contributed by atoms with Crippen LogP contribution in [-0.4, -0.2) is 42.2 Å². The molecule has 0 aliphatic heterocycles. The number of nitrogens with zero attached hydrogens (tertiary/aromatic N) is 1. The van der Waals surface area contributed by atoms with Crippen LogP contribution in [-0.2, 0) is 4.79 Å². The largest absolute Gasteiger partial charge is 0.406 e. The van der Waals surface area contributed by atoms with Gasteiger partial charge in [-0.25, -0.2) is 0 Å². The molecule has 0 atom stereocenters. The van der Waals surface area contributed by atoms with Crippen LogP contribution in [0.15, 0.2) is 0 Å². The fraction of sp³-hybridized carbons (Fsp3) is 0.917. The average Bonchev–Trinajstić information content (AvgIpc) is 2.12. The highest BCUT2D eigenvalue weighted by molar-refractivity contribution is 5.85. The highest BCUT2D eigenvalue weighted by atomic mass is 19.4. The SMILES string of the molecule is CCNC(C)(C)C(=O)N(CC(C)C)CC(F)(F)F. The molecule has 0 unspecified atom stereocenters. The molecule has 0 heterocycles. The van der Waals surface area contributed by atoms with Gasteiger partial charge in [0.1, 0.15) is 6.54 Å². The first-order valence-electron chi connectivity index (χ1n) is 6.10.